The highest BCUT2D eigenvalue weighted by molar-refractivity contribution is 7.26. The minimum absolute atomic E-state index is 0.309. The first-order valence-electron chi connectivity index (χ1n) is 7.60. The van der Waals surface area contributed by atoms with Crippen molar-refractivity contribution in [2.75, 3.05) is 25.0 Å². The standard InChI is InChI=1S/C16H17ClN4S/c17-16-20-13-11-3-1-2-4-12(11)22-14(13)15(21-16)19-9-10-5-7-18-8-6-10/h1-4,10,18H,5-9H2,(H,19,20,21). The molecule has 1 saturated heterocycles. The third-order valence-corrected chi connectivity index (χ3v) is 5.55. The molecule has 6 heteroatoms. The molecule has 0 spiro atoms. The zero-order valence-electron chi connectivity index (χ0n) is 12.1. The molecule has 3 heterocycles. The fourth-order valence-corrected chi connectivity index (χ4v) is 4.29. The van der Waals surface area contributed by atoms with Crippen molar-refractivity contribution in [2.45, 2.75) is 12.8 Å². The van der Waals surface area contributed by atoms with Crippen LogP contribution in [0.5, 0.6) is 0 Å². The summed E-state index contributed by atoms with van der Waals surface area (Å²) in [5, 5.41) is 8.36. The smallest absolute Gasteiger partial charge is 0.224 e. The monoisotopic (exact) mass is 332 g/mol. The van der Waals surface area contributed by atoms with E-state index in [2.05, 4.69) is 38.8 Å². The van der Waals surface area contributed by atoms with Crippen LogP contribution >= 0.6 is 22.9 Å². The first-order chi connectivity index (χ1) is 10.8. The molecule has 2 N–H and O–H groups in total. The van der Waals surface area contributed by atoms with Crippen LogP contribution in [0.15, 0.2) is 24.3 Å². The second-order valence-corrected chi connectivity index (χ2v) is 7.08. The van der Waals surface area contributed by atoms with Gasteiger partial charge in [0.1, 0.15) is 5.82 Å². The number of aromatic nitrogens is 2. The Morgan fingerprint density at radius 1 is 1.23 bits per heavy atom. The van der Waals surface area contributed by atoms with Gasteiger partial charge in [0.05, 0.1) is 10.2 Å². The Morgan fingerprint density at radius 3 is 2.91 bits per heavy atom. The molecule has 4 rings (SSSR count). The van der Waals surface area contributed by atoms with Gasteiger partial charge < -0.3 is 10.6 Å². The van der Waals surface area contributed by atoms with Crippen molar-refractivity contribution in [2.24, 2.45) is 5.92 Å². The lowest BCUT2D eigenvalue weighted by molar-refractivity contribution is 0.389. The summed E-state index contributed by atoms with van der Waals surface area (Å²) in [6.45, 7) is 3.16. The predicted molar refractivity (Wildman–Crippen MR) is 94.0 cm³/mol. The van der Waals surface area contributed by atoms with Gasteiger partial charge in [0.15, 0.2) is 0 Å². The van der Waals surface area contributed by atoms with Crippen LogP contribution in [-0.2, 0) is 0 Å². The number of anilines is 1. The molecule has 1 aliphatic heterocycles. The zero-order valence-corrected chi connectivity index (χ0v) is 13.7. The molecular formula is C16H17ClN4S. The molecule has 0 saturated carbocycles. The molecule has 4 nitrogen and oxygen atoms in total. The Morgan fingerprint density at radius 2 is 2.05 bits per heavy atom. The molecule has 0 amide bonds. The van der Waals surface area contributed by atoms with E-state index in [9.17, 15) is 0 Å². The van der Waals surface area contributed by atoms with Crippen molar-refractivity contribution in [3.05, 3.63) is 29.5 Å². The van der Waals surface area contributed by atoms with Gasteiger partial charge in [-0.05, 0) is 49.5 Å². The molecule has 0 radical (unpaired) electrons. The topological polar surface area (TPSA) is 49.8 Å². The highest BCUT2D eigenvalue weighted by atomic mass is 35.5. The number of nitrogens with zero attached hydrogens (tertiary/aromatic N) is 2. The molecule has 1 aliphatic rings. The second-order valence-electron chi connectivity index (χ2n) is 5.69. The highest BCUT2D eigenvalue weighted by Crippen LogP contribution is 2.36. The normalized spacial score (nSPS) is 16.4. The molecule has 0 unspecified atom stereocenters. The van der Waals surface area contributed by atoms with Crippen LogP contribution in [0, 0.1) is 5.92 Å². The van der Waals surface area contributed by atoms with E-state index in [1.807, 2.05) is 6.07 Å². The predicted octanol–water partition coefficient (Wildman–Crippen LogP) is 3.91. The van der Waals surface area contributed by atoms with Crippen LogP contribution in [0.1, 0.15) is 12.8 Å². The zero-order chi connectivity index (χ0) is 14.9. The maximum absolute atomic E-state index is 6.14. The summed E-state index contributed by atoms with van der Waals surface area (Å²) in [5.41, 5.74) is 0.952. The van der Waals surface area contributed by atoms with Crippen molar-refractivity contribution < 1.29 is 0 Å². The molecule has 22 heavy (non-hydrogen) atoms. The van der Waals surface area contributed by atoms with Gasteiger partial charge >= 0.3 is 0 Å². The van der Waals surface area contributed by atoms with E-state index in [4.69, 9.17) is 11.6 Å². The number of fused-ring (bicyclic) bond motifs is 3. The average molecular weight is 333 g/mol. The number of hydrogen-bond acceptors (Lipinski definition) is 5. The average Bonchev–Trinajstić information content (AvgIpc) is 2.92. The minimum atomic E-state index is 0.309. The van der Waals surface area contributed by atoms with Crippen LogP contribution in [0.25, 0.3) is 20.3 Å². The van der Waals surface area contributed by atoms with Gasteiger partial charge in [-0.15, -0.1) is 11.3 Å². The first-order valence-corrected chi connectivity index (χ1v) is 8.80. The third kappa shape index (κ3) is 2.64. The number of rotatable bonds is 3. The minimum Gasteiger partial charge on any atom is -0.368 e. The van der Waals surface area contributed by atoms with Crippen LogP contribution in [-0.4, -0.2) is 29.6 Å². The Bertz CT molecular complexity index is 810. The van der Waals surface area contributed by atoms with E-state index in [-0.39, 0.29) is 0 Å². The molecule has 1 fully saturated rings. The number of piperidine rings is 1. The SMILES string of the molecule is Clc1nc(NCC2CCNCC2)c2sc3ccccc3c2n1. The second kappa shape index (κ2) is 5.99. The molecule has 0 atom stereocenters. The van der Waals surface area contributed by atoms with Crippen LogP contribution in [0.4, 0.5) is 5.82 Å². The Balaban J connectivity index is 1.70. The highest BCUT2D eigenvalue weighted by Gasteiger charge is 2.16. The molecular weight excluding hydrogens is 316 g/mol. The van der Waals surface area contributed by atoms with E-state index >= 15 is 0 Å². The van der Waals surface area contributed by atoms with Gasteiger partial charge in [-0.2, -0.15) is 4.98 Å². The van der Waals surface area contributed by atoms with Gasteiger partial charge in [0.25, 0.3) is 0 Å². The molecule has 1 aromatic carbocycles. The first kappa shape index (κ1) is 14.2. The van der Waals surface area contributed by atoms with Crippen molar-refractivity contribution in [3.63, 3.8) is 0 Å². The quantitative estimate of drug-likeness (QED) is 0.714. The largest absolute Gasteiger partial charge is 0.368 e. The third-order valence-electron chi connectivity index (χ3n) is 4.21. The molecule has 2 aromatic heterocycles. The lowest BCUT2D eigenvalue weighted by Gasteiger charge is -2.23. The number of halogens is 1. The van der Waals surface area contributed by atoms with Crippen LogP contribution in [0.2, 0.25) is 5.28 Å². The van der Waals surface area contributed by atoms with Crippen LogP contribution < -0.4 is 10.6 Å². The number of benzene rings is 1. The number of hydrogen-bond donors (Lipinski definition) is 2. The molecule has 0 bridgehead atoms. The summed E-state index contributed by atoms with van der Waals surface area (Å²) in [6.07, 6.45) is 2.42. The fourth-order valence-electron chi connectivity index (χ4n) is 3.01. The lowest BCUT2D eigenvalue weighted by Crippen LogP contribution is -2.31. The van der Waals surface area contributed by atoms with Crippen molar-refractivity contribution in [3.8, 4) is 0 Å². The molecule has 114 valence electrons. The van der Waals surface area contributed by atoms with Gasteiger partial charge in [0, 0.05) is 16.6 Å². The van der Waals surface area contributed by atoms with E-state index in [1.165, 1.54) is 17.5 Å². The molecule has 0 aliphatic carbocycles. The van der Waals surface area contributed by atoms with Crippen molar-refractivity contribution in [1.82, 2.24) is 15.3 Å². The summed E-state index contributed by atoms with van der Waals surface area (Å²) in [5.74, 6) is 1.56. The maximum atomic E-state index is 6.14. The lowest BCUT2D eigenvalue weighted by atomic mass is 9.98. The Kier molecular flexibility index (Phi) is 3.86. The van der Waals surface area contributed by atoms with Gasteiger partial charge in [0.2, 0.25) is 5.28 Å². The van der Waals surface area contributed by atoms with E-state index in [1.54, 1.807) is 11.3 Å². The number of nitrogens with one attached hydrogen (secondary N) is 2. The summed E-state index contributed by atoms with van der Waals surface area (Å²) in [4.78, 5) is 8.85. The number of thiophene rings is 1. The van der Waals surface area contributed by atoms with Crippen LogP contribution in [0.3, 0.4) is 0 Å². The van der Waals surface area contributed by atoms with E-state index < -0.39 is 0 Å². The molecule has 3 aromatic rings. The Hall–Kier alpha value is -1.43. The van der Waals surface area contributed by atoms with Gasteiger partial charge in [-0.3, -0.25) is 0 Å². The van der Waals surface area contributed by atoms with Gasteiger partial charge in [-0.25, -0.2) is 4.98 Å². The summed E-state index contributed by atoms with van der Waals surface area (Å²) < 4.78 is 2.32. The summed E-state index contributed by atoms with van der Waals surface area (Å²) in [6, 6.07) is 8.29. The fraction of sp³-hybridized carbons (Fsp3) is 0.375. The van der Waals surface area contributed by atoms with E-state index in [0.717, 1.165) is 41.1 Å². The van der Waals surface area contributed by atoms with E-state index in [0.29, 0.717) is 11.2 Å². The van der Waals surface area contributed by atoms with Crippen molar-refractivity contribution >= 4 is 49.1 Å². The summed E-state index contributed by atoms with van der Waals surface area (Å²) >= 11 is 7.86. The summed E-state index contributed by atoms with van der Waals surface area (Å²) in [7, 11) is 0. The maximum Gasteiger partial charge on any atom is 0.224 e. The van der Waals surface area contributed by atoms with Crippen molar-refractivity contribution in [1.29, 1.82) is 0 Å². The van der Waals surface area contributed by atoms with Gasteiger partial charge in [-0.1, -0.05) is 18.2 Å². The Labute approximate surface area is 137 Å².